The third-order valence-corrected chi connectivity index (χ3v) is 2.47. The van der Waals surface area contributed by atoms with Crippen molar-refractivity contribution in [2.75, 3.05) is 0 Å². The second-order valence-corrected chi connectivity index (χ2v) is 5.41. The van der Waals surface area contributed by atoms with Crippen LogP contribution in [0.4, 0.5) is 9.18 Å². The van der Waals surface area contributed by atoms with Gasteiger partial charge in [0.2, 0.25) is 0 Å². The average Bonchev–Trinajstić information content (AvgIpc) is 2.33. The number of carbonyl (C=O) groups is 2. The van der Waals surface area contributed by atoms with Crippen LogP contribution in [0.2, 0.25) is 0 Å². The molecule has 0 aromatic heterocycles. The lowest BCUT2D eigenvalue weighted by molar-refractivity contribution is -0.310. The highest BCUT2D eigenvalue weighted by molar-refractivity contribution is 5.79. The Morgan fingerprint density at radius 3 is 2.38 bits per heavy atom. The number of ether oxygens (including phenoxy) is 1. The molecule has 1 aromatic rings. The van der Waals surface area contributed by atoms with E-state index in [-0.39, 0.29) is 5.56 Å². The molecule has 0 heterocycles. The van der Waals surface area contributed by atoms with Crippen molar-refractivity contribution in [1.29, 1.82) is 0 Å². The summed E-state index contributed by atoms with van der Waals surface area (Å²) in [5.41, 5.74) is -1.11. The van der Waals surface area contributed by atoms with Crippen LogP contribution in [0.1, 0.15) is 32.4 Å². The summed E-state index contributed by atoms with van der Waals surface area (Å²) >= 11 is 0. The highest BCUT2D eigenvalue weighted by atomic mass is 19.1. The van der Waals surface area contributed by atoms with Gasteiger partial charge in [-0.15, -0.1) is 0 Å². The quantitative estimate of drug-likeness (QED) is 0.843. The van der Waals surface area contributed by atoms with Crippen LogP contribution in [0, 0.1) is 5.82 Å². The summed E-state index contributed by atoms with van der Waals surface area (Å²) < 4.78 is 18.4. The van der Waals surface area contributed by atoms with E-state index in [0.717, 1.165) is 6.07 Å². The van der Waals surface area contributed by atoms with E-state index in [1.807, 2.05) is 5.32 Å². The Hall–Kier alpha value is -2.15. The number of benzene rings is 1. The maximum Gasteiger partial charge on any atom is 0.408 e. The van der Waals surface area contributed by atoms with Crippen LogP contribution in [0.15, 0.2) is 24.3 Å². The molecule has 0 aliphatic rings. The zero-order valence-corrected chi connectivity index (χ0v) is 11.9. The van der Waals surface area contributed by atoms with Crippen molar-refractivity contribution in [1.82, 2.24) is 5.32 Å². The summed E-state index contributed by atoms with van der Waals surface area (Å²) in [4.78, 5) is 22.6. The largest absolute Gasteiger partial charge is 0.548 e. The van der Waals surface area contributed by atoms with Crippen molar-refractivity contribution in [2.24, 2.45) is 0 Å². The minimum atomic E-state index is -1.84. The van der Waals surface area contributed by atoms with Crippen molar-refractivity contribution >= 4 is 12.1 Å². The van der Waals surface area contributed by atoms with E-state index < -0.39 is 35.6 Å². The van der Waals surface area contributed by atoms with Crippen molar-refractivity contribution < 1.29 is 28.9 Å². The molecule has 0 aliphatic carbocycles. The van der Waals surface area contributed by atoms with Crippen molar-refractivity contribution in [2.45, 2.75) is 38.5 Å². The summed E-state index contributed by atoms with van der Waals surface area (Å²) in [6.45, 7) is 4.77. The molecule has 0 bridgehead atoms. The number of rotatable bonds is 4. The van der Waals surface area contributed by atoms with Crippen LogP contribution in [0.25, 0.3) is 0 Å². The number of hydrogen-bond acceptors (Lipinski definition) is 5. The smallest absolute Gasteiger partial charge is 0.408 e. The van der Waals surface area contributed by atoms with Crippen molar-refractivity contribution in [3.63, 3.8) is 0 Å². The second kappa shape index (κ2) is 6.53. The van der Waals surface area contributed by atoms with Crippen LogP contribution in [-0.2, 0) is 9.53 Å². The Morgan fingerprint density at radius 1 is 1.33 bits per heavy atom. The molecule has 21 heavy (non-hydrogen) atoms. The summed E-state index contributed by atoms with van der Waals surface area (Å²) in [6, 6.07) is 3.27. The predicted octanol–water partition coefficient (Wildman–Crippen LogP) is 0.502. The SMILES string of the molecule is CC(C)(C)OC(=O)N[C@@H](C(=O)[O-])[C@H](O)c1ccccc1F. The number of carboxylic acids is 1. The van der Waals surface area contributed by atoms with Crippen molar-refractivity contribution in [3.05, 3.63) is 35.6 Å². The molecule has 0 fully saturated rings. The van der Waals surface area contributed by atoms with E-state index in [9.17, 15) is 24.2 Å². The third kappa shape index (κ3) is 5.03. The first-order valence-corrected chi connectivity index (χ1v) is 6.24. The van der Waals surface area contributed by atoms with Gasteiger partial charge < -0.3 is 25.1 Å². The molecule has 0 aliphatic heterocycles. The number of amides is 1. The Bertz CT molecular complexity index is 526. The fraction of sp³-hybridized carbons (Fsp3) is 0.429. The van der Waals surface area contributed by atoms with Crippen LogP contribution < -0.4 is 10.4 Å². The van der Waals surface area contributed by atoms with Gasteiger partial charge in [-0.3, -0.25) is 0 Å². The topological polar surface area (TPSA) is 98.7 Å². The number of hydrogen-bond donors (Lipinski definition) is 2. The summed E-state index contributed by atoms with van der Waals surface area (Å²) in [7, 11) is 0. The first kappa shape index (κ1) is 16.9. The first-order chi connectivity index (χ1) is 9.61. The fourth-order valence-electron chi connectivity index (χ4n) is 1.60. The van der Waals surface area contributed by atoms with Gasteiger partial charge in [-0.05, 0) is 26.8 Å². The Labute approximate surface area is 121 Å². The molecule has 2 N–H and O–H groups in total. The number of nitrogens with one attached hydrogen (secondary N) is 1. The highest BCUT2D eigenvalue weighted by Gasteiger charge is 2.28. The third-order valence-electron chi connectivity index (χ3n) is 2.47. The molecule has 0 radical (unpaired) electrons. The summed E-state index contributed by atoms with van der Waals surface area (Å²) in [6.07, 6.45) is -2.85. The Morgan fingerprint density at radius 2 is 1.90 bits per heavy atom. The number of aliphatic carboxylic acids is 1. The maximum absolute atomic E-state index is 13.6. The van der Waals surface area contributed by atoms with E-state index in [0.29, 0.717) is 0 Å². The molecule has 2 atom stereocenters. The van der Waals surface area contributed by atoms with Crippen LogP contribution in [-0.4, -0.2) is 28.8 Å². The van der Waals surface area contributed by atoms with E-state index in [1.54, 1.807) is 20.8 Å². The lowest BCUT2D eigenvalue weighted by Crippen LogP contribution is -2.52. The van der Waals surface area contributed by atoms with Gasteiger partial charge in [0.1, 0.15) is 23.6 Å². The van der Waals surface area contributed by atoms with Crippen LogP contribution in [0.3, 0.4) is 0 Å². The van der Waals surface area contributed by atoms with Gasteiger partial charge in [0.05, 0.1) is 5.97 Å². The fourth-order valence-corrected chi connectivity index (χ4v) is 1.60. The van der Waals surface area contributed by atoms with Crippen molar-refractivity contribution in [3.8, 4) is 0 Å². The van der Waals surface area contributed by atoms with Crippen LogP contribution >= 0.6 is 0 Å². The van der Waals surface area contributed by atoms with Gasteiger partial charge in [-0.25, -0.2) is 9.18 Å². The van der Waals surface area contributed by atoms with Gasteiger partial charge in [0.25, 0.3) is 0 Å². The number of halogens is 1. The highest BCUT2D eigenvalue weighted by Crippen LogP contribution is 2.20. The summed E-state index contributed by atoms with van der Waals surface area (Å²) in [5, 5.41) is 23.0. The molecule has 1 amide bonds. The van der Waals surface area contributed by atoms with E-state index in [1.165, 1.54) is 18.2 Å². The molecule has 0 unspecified atom stereocenters. The molecule has 1 aromatic carbocycles. The molecular weight excluding hydrogens is 281 g/mol. The zero-order valence-electron chi connectivity index (χ0n) is 11.9. The van der Waals surface area contributed by atoms with E-state index in [2.05, 4.69) is 0 Å². The number of carbonyl (C=O) groups excluding carboxylic acids is 2. The predicted molar refractivity (Wildman–Crippen MR) is 69.5 cm³/mol. The van der Waals surface area contributed by atoms with Gasteiger partial charge in [0.15, 0.2) is 0 Å². The molecule has 1 rings (SSSR count). The Balaban J connectivity index is 2.90. The number of alkyl carbamates (subject to hydrolysis) is 1. The maximum atomic E-state index is 13.6. The lowest BCUT2D eigenvalue weighted by atomic mass is 10.0. The minimum Gasteiger partial charge on any atom is -0.548 e. The van der Waals surface area contributed by atoms with Gasteiger partial charge in [-0.1, -0.05) is 18.2 Å². The molecule has 116 valence electrons. The van der Waals surface area contributed by atoms with E-state index in [4.69, 9.17) is 4.74 Å². The molecule has 7 heteroatoms. The van der Waals surface area contributed by atoms with Crippen LogP contribution in [0.5, 0.6) is 0 Å². The van der Waals surface area contributed by atoms with Gasteiger partial charge in [0, 0.05) is 5.56 Å². The molecule has 0 saturated carbocycles. The lowest BCUT2D eigenvalue weighted by Gasteiger charge is -2.27. The average molecular weight is 298 g/mol. The molecule has 0 spiro atoms. The number of aliphatic hydroxyl groups is 1. The normalized spacial score (nSPS) is 14.1. The molecular formula is C14H17FNO5-. The summed E-state index contributed by atoms with van der Waals surface area (Å²) in [5.74, 6) is -2.54. The molecule has 0 saturated heterocycles. The first-order valence-electron chi connectivity index (χ1n) is 6.24. The van der Waals surface area contributed by atoms with Gasteiger partial charge >= 0.3 is 6.09 Å². The monoisotopic (exact) mass is 298 g/mol. The Kier molecular flexibility index (Phi) is 5.26. The zero-order chi connectivity index (χ0) is 16.2. The standard InChI is InChI=1S/C14H18FNO5/c1-14(2,3)21-13(20)16-10(12(18)19)11(17)8-6-4-5-7-9(8)15/h4-7,10-11,17H,1-3H3,(H,16,20)(H,18,19)/p-1/t10-,11-/m1/s1. The number of aliphatic hydroxyl groups excluding tert-OH is 1. The second-order valence-electron chi connectivity index (χ2n) is 5.41. The van der Waals surface area contributed by atoms with E-state index >= 15 is 0 Å². The number of carboxylic acid groups (broad SMARTS) is 1. The minimum absolute atomic E-state index is 0.261. The van der Waals surface area contributed by atoms with Gasteiger partial charge in [-0.2, -0.15) is 0 Å². The molecule has 6 nitrogen and oxygen atoms in total.